The molecular weight excluding hydrogens is 423 g/mol. The van der Waals surface area contributed by atoms with Crippen LogP contribution in [0.5, 0.6) is 0 Å². The van der Waals surface area contributed by atoms with Crippen LogP contribution in [-0.2, 0) is 17.6 Å². The summed E-state index contributed by atoms with van der Waals surface area (Å²) in [5.41, 5.74) is 1.96. The zero-order valence-corrected chi connectivity index (χ0v) is 19.1. The van der Waals surface area contributed by atoms with E-state index in [1.54, 1.807) is 0 Å². The number of carbonyl (C=O) groups is 2. The first-order valence-electron chi connectivity index (χ1n) is 9.71. The minimum Gasteiger partial charge on any atom is -0.465 e. The molecule has 0 fully saturated rings. The van der Waals surface area contributed by atoms with E-state index in [0.29, 0.717) is 16.5 Å². The standard InChI is InChI=1S/C22H25FN2O3S2/c1-22(2,3)13-7-10-15-16(11-13)30-19(17(15)20(27)28-4)25-21(29)24-18(26)12-5-8-14(23)9-6-12/h5-6,8-9,13H,7,10-11H2,1-4H3,(H2,24,25,26,29). The van der Waals surface area contributed by atoms with Gasteiger partial charge in [-0.15, -0.1) is 11.3 Å². The Morgan fingerprint density at radius 3 is 2.50 bits per heavy atom. The van der Waals surface area contributed by atoms with Gasteiger partial charge in [-0.25, -0.2) is 9.18 Å². The number of methoxy groups -OCH3 is 1. The van der Waals surface area contributed by atoms with Crippen LogP contribution in [0.15, 0.2) is 24.3 Å². The largest absolute Gasteiger partial charge is 0.465 e. The third kappa shape index (κ3) is 4.87. The molecule has 1 heterocycles. The first-order chi connectivity index (χ1) is 14.1. The van der Waals surface area contributed by atoms with Crippen LogP contribution in [0.25, 0.3) is 0 Å². The Balaban J connectivity index is 1.80. The molecule has 160 valence electrons. The summed E-state index contributed by atoms with van der Waals surface area (Å²) in [5.74, 6) is -0.780. The number of nitrogens with one attached hydrogen (secondary N) is 2. The Kier molecular flexibility index (Phi) is 6.57. The average Bonchev–Trinajstić information content (AvgIpc) is 3.03. The van der Waals surface area contributed by atoms with Gasteiger partial charge in [0.25, 0.3) is 5.91 Å². The number of amides is 1. The molecular formula is C22H25FN2O3S2. The number of hydrogen-bond acceptors (Lipinski definition) is 5. The summed E-state index contributed by atoms with van der Waals surface area (Å²) in [7, 11) is 1.35. The molecule has 1 aliphatic rings. The molecule has 3 rings (SSSR count). The first kappa shape index (κ1) is 22.4. The number of thiophene rings is 1. The van der Waals surface area contributed by atoms with Gasteiger partial charge in [-0.1, -0.05) is 20.8 Å². The van der Waals surface area contributed by atoms with Gasteiger partial charge in [-0.2, -0.15) is 0 Å². The molecule has 0 aliphatic heterocycles. The number of halogens is 1. The summed E-state index contributed by atoms with van der Waals surface area (Å²) >= 11 is 6.76. The third-order valence-electron chi connectivity index (χ3n) is 5.44. The van der Waals surface area contributed by atoms with Crippen molar-refractivity contribution in [2.75, 3.05) is 12.4 Å². The Labute approximate surface area is 185 Å². The minimum absolute atomic E-state index is 0.0699. The van der Waals surface area contributed by atoms with Crippen LogP contribution in [0.2, 0.25) is 0 Å². The number of thiocarbonyl (C=S) groups is 1. The fraction of sp³-hybridized carbons (Fsp3) is 0.409. The van der Waals surface area contributed by atoms with Crippen molar-refractivity contribution in [2.24, 2.45) is 11.3 Å². The molecule has 5 nitrogen and oxygen atoms in total. The SMILES string of the molecule is COC(=O)c1c(NC(=S)NC(=O)c2ccc(F)cc2)sc2c1CCC(C(C)(C)C)C2. The predicted octanol–water partition coefficient (Wildman–Crippen LogP) is 4.95. The fourth-order valence-electron chi connectivity index (χ4n) is 3.64. The number of ether oxygens (including phenoxy) is 1. The normalized spacial score (nSPS) is 15.8. The highest BCUT2D eigenvalue weighted by molar-refractivity contribution is 7.80. The van der Waals surface area contributed by atoms with E-state index in [-0.39, 0.29) is 16.1 Å². The maximum Gasteiger partial charge on any atom is 0.341 e. The van der Waals surface area contributed by atoms with E-state index in [1.165, 1.54) is 42.7 Å². The molecule has 0 spiro atoms. The second kappa shape index (κ2) is 8.81. The molecule has 0 radical (unpaired) electrons. The Morgan fingerprint density at radius 2 is 1.90 bits per heavy atom. The van der Waals surface area contributed by atoms with E-state index in [9.17, 15) is 14.0 Å². The van der Waals surface area contributed by atoms with Crippen LogP contribution in [0.1, 0.15) is 58.3 Å². The minimum atomic E-state index is -0.457. The van der Waals surface area contributed by atoms with Gasteiger partial charge < -0.3 is 10.1 Å². The van der Waals surface area contributed by atoms with E-state index in [1.807, 2.05) is 0 Å². The molecule has 1 aromatic heterocycles. The summed E-state index contributed by atoms with van der Waals surface area (Å²) in [6.45, 7) is 6.70. The zero-order chi connectivity index (χ0) is 22.1. The quantitative estimate of drug-likeness (QED) is 0.514. The van der Waals surface area contributed by atoms with Gasteiger partial charge in [0.05, 0.1) is 12.7 Å². The van der Waals surface area contributed by atoms with E-state index in [2.05, 4.69) is 31.4 Å². The van der Waals surface area contributed by atoms with E-state index < -0.39 is 17.7 Å². The first-order valence-corrected chi connectivity index (χ1v) is 10.9. The van der Waals surface area contributed by atoms with Gasteiger partial charge in [-0.05, 0) is 72.6 Å². The van der Waals surface area contributed by atoms with Crippen molar-refractivity contribution in [2.45, 2.75) is 40.0 Å². The van der Waals surface area contributed by atoms with Gasteiger partial charge in [0.1, 0.15) is 10.8 Å². The number of benzene rings is 1. The second-order valence-corrected chi connectivity index (χ2v) is 9.93. The zero-order valence-electron chi connectivity index (χ0n) is 17.4. The lowest BCUT2D eigenvalue weighted by molar-refractivity contribution is 0.0600. The molecule has 1 amide bonds. The topological polar surface area (TPSA) is 67.4 Å². The number of anilines is 1. The highest BCUT2D eigenvalue weighted by atomic mass is 32.1. The molecule has 0 saturated heterocycles. The molecule has 2 N–H and O–H groups in total. The van der Waals surface area contributed by atoms with Crippen LogP contribution in [-0.4, -0.2) is 24.1 Å². The summed E-state index contributed by atoms with van der Waals surface area (Å²) in [6, 6.07) is 5.17. The third-order valence-corrected chi connectivity index (χ3v) is 6.81. The van der Waals surface area contributed by atoms with E-state index >= 15 is 0 Å². The second-order valence-electron chi connectivity index (χ2n) is 8.42. The van der Waals surface area contributed by atoms with Crippen molar-refractivity contribution in [1.82, 2.24) is 5.32 Å². The lowest BCUT2D eigenvalue weighted by Crippen LogP contribution is -2.34. The Morgan fingerprint density at radius 1 is 1.23 bits per heavy atom. The molecule has 1 unspecified atom stereocenters. The van der Waals surface area contributed by atoms with Gasteiger partial charge in [0, 0.05) is 10.4 Å². The summed E-state index contributed by atoms with van der Waals surface area (Å²) in [4.78, 5) is 26.0. The Hall–Kier alpha value is -2.32. The number of esters is 1. The maximum absolute atomic E-state index is 13.1. The molecule has 8 heteroatoms. The highest BCUT2D eigenvalue weighted by Crippen LogP contribution is 2.44. The fourth-order valence-corrected chi connectivity index (χ4v) is 5.22. The van der Waals surface area contributed by atoms with Crippen molar-refractivity contribution in [3.05, 3.63) is 51.7 Å². The summed E-state index contributed by atoms with van der Waals surface area (Å²) in [5, 5.41) is 6.21. The summed E-state index contributed by atoms with van der Waals surface area (Å²) in [6.07, 6.45) is 2.70. The monoisotopic (exact) mass is 448 g/mol. The number of carbonyl (C=O) groups excluding carboxylic acids is 2. The van der Waals surface area contributed by atoms with Crippen LogP contribution >= 0.6 is 23.6 Å². The molecule has 0 bridgehead atoms. The smallest absolute Gasteiger partial charge is 0.341 e. The van der Waals surface area contributed by atoms with Crippen molar-refractivity contribution in [1.29, 1.82) is 0 Å². The number of hydrogen-bond donors (Lipinski definition) is 2. The van der Waals surface area contributed by atoms with E-state index in [4.69, 9.17) is 17.0 Å². The molecule has 2 aromatic rings. The van der Waals surface area contributed by atoms with E-state index in [0.717, 1.165) is 29.7 Å². The van der Waals surface area contributed by atoms with Crippen LogP contribution in [0, 0.1) is 17.2 Å². The average molecular weight is 449 g/mol. The highest BCUT2D eigenvalue weighted by Gasteiger charge is 2.34. The lowest BCUT2D eigenvalue weighted by Gasteiger charge is -2.33. The molecule has 30 heavy (non-hydrogen) atoms. The van der Waals surface area contributed by atoms with Gasteiger partial charge in [0.2, 0.25) is 0 Å². The van der Waals surface area contributed by atoms with Crippen molar-refractivity contribution >= 4 is 45.5 Å². The van der Waals surface area contributed by atoms with Crippen molar-refractivity contribution in [3.8, 4) is 0 Å². The van der Waals surface area contributed by atoms with Gasteiger partial charge in [0.15, 0.2) is 5.11 Å². The lowest BCUT2D eigenvalue weighted by atomic mass is 9.72. The molecule has 1 atom stereocenters. The van der Waals surface area contributed by atoms with Crippen molar-refractivity contribution < 1.29 is 18.7 Å². The van der Waals surface area contributed by atoms with Crippen LogP contribution < -0.4 is 10.6 Å². The Bertz CT molecular complexity index is 978. The van der Waals surface area contributed by atoms with Gasteiger partial charge in [-0.3, -0.25) is 10.1 Å². The molecule has 1 aromatic carbocycles. The predicted molar refractivity (Wildman–Crippen MR) is 121 cm³/mol. The van der Waals surface area contributed by atoms with Crippen LogP contribution in [0.3, 0.4) is 0 Å². The number of fused-ring (bicyclic) bond motifs is 1. The molecule has 1 aliphatic carbocycles. The van der Waals surface area contributed by atoms with Crippen molar-refractivity contribution in [3.63, 3.8) is 0 Å². The van der Waals surface area contributed by atoms with Crippen LogP contribution in [0.4, 0.5) is 9.39 Å². The maximum atomic E-state index is 13.1. The summed E-state index contributed by atoms with van der Waals surface area (Å²) < 4.78 is 18.1. The number of rotatable bonds is 3. The molecule has 0 saturated carbocycles. The van der Waals surface area contributed by atoms with Gasteiger partial charge >= 0.3 is 5.97 Å².